The third-order valence-electron chi connectivity index (χ3n) is 3.87. The average molecular weight is 283 g/mol. The van der Waals surface area contributed by atoms with E-state index in [4.69, 9.17) is 4.74 Å². The maximum Gasteiger partial charge on any atom is 0.254 e. The van der Waals surface area contributed by atoms with Crippen LogP contribution in [0.3, 0.4) is 0 Å². The number of methoxy groups -OCH3 is 1. The summed E-state index contributed by atoms with van der Waals surface area (Å²) in [5.41, 5.74) is 2.73. The topological polar surface area (TPSA) is 29.5 Å². The molecule has 0 aliphatic rings. The fraction of sp³-hybridized carbons (Fsp3) is 0.278. The predicted octanol–water partition coefficient (Wildman–Crippen LogP) is 3.84. The van der Waals surface area contributed by atoms with Crippen LogP contribution in [0.4, 0.5) is 0 Å². The molecule has 0 saturated heterocycles. The number of benzene rings is 2. The minimum Gasteiger partial charge on any atom is -0.496 e. The number of aryl methyl sites for hydroxylation is 1. The summed E-state index contributed by atoms with van der Waals surface area (Å²) in [5.74, 6) is 0.820. The molecule has 0 aliphatic heterocycles. The smallest absolute Gasteiger partial charge is 0.254 e. The summed E-state index contributed by atoms with van der Waals surface area (Å²) in [5, 5.41) is 0. The van der Waals surface area contributed by atoms with Gasteiger partial charge in [-0.15, -0.1) is 0 Å². The molecule has 2 aromatic carbocycles. The summed E-state index contributed by atoms with van der Waals surface area (Å²) in [6, 6.07) is 15.4. The summed E-state index contributed by atoms with van der Waals surface area (Å²) in [6.45, 7) is 3.96. The van der Waals surface area contributed by atoms with Crippen molar-refractivity contribution in [3.05, 3.63) is 65.2 Å². The van der Waals surface area contributed by atoms with Crippen LogP contribution in [0.15, 0.2) is 48.5 Å². The first-order valence-electron chi connectivity index (χ1n) is 7.02. The first kappa shape index (κ1) is 15.1. The molecule has 2 aromatic rings. The van der Waals surface area contributed by atoms with E-state index in [1.54, 1.807) is 12.0 Å². The second kappa shape index (κ2) is 6.44. The Bertz CT molecular complexity index is 637. The molecular weight excluding hydrogens is 262 g/mol. The number of ether oxygens (including phenoxy) is 1. The minimum absolute atomic E-state index is 0.0199. The summed E-state index contributed by atoms with van der Waals surface area (Å²) < 4.78 is 5.39. The van der Waals surface area contributed by atoms with Gasteiger partial charge in [-0.1, -0.05) is 36.4 Å². The van der Waals surface area contributed by atoms with Crippen LogP contribution >= 0.6 is 0 Å². The standard InChI is InChI=1S/C18H21NO2/c1-13-9-5-6-10-15(13)18(20)19(3)14(2)16-11-7-8-12-17(16)21-4/h5-12,14H,1-4H3. The van der Waals surface area contributed by atoms with Gasteiger partial charge in [0, 0.05) is 18.2 Å². The van der Waals surface area contributed by atoms with Gasteiger partial charge in [0.05, 0.1) is 13.2 Å². The number of hydrogen-bond donors (Lipinski definition) is 0. The van der Waals surface area contributed by atoms with Crippen LogP contribution < -0.4 is 4.74 Å². The molecule has 2 rings (SSSR count). The van der Waals surface area contributed by atoms with Gasteiger partial charge in [-0.25, -0.2) is 0 Å². The number of carbonyl (C=O) groups excluding carboxylic acids is 1. The van der Waals surface area contributed by atoms with Gasteiger partial charge in [0.25, 0.3) is 5.91 Å². The number of para-hydroxylation sites is 1. The van der Waals surface area contributed by atoms with Crippen molar-refractivity contribution in [1.82, 2.24) is 4.90 Å². The number of amides is 1. The third kappa shape index (κ3) is 3.07. The molecule has 0 spiro atoms. The van der Waals surface area contributed by atoms with Crippen molar-refractivity contribution in [3.8, 4) is 5.75 Å². The summed E-state index contributed by atoms with van der Waals surface area (Å²) in [7, 11) is 3.47. The van der Waals surface area contributed by atoms with Gasteiger partial charge in [0.2, 0.25) is 0 Å². The number of nitrogens with zero attached hydrogens (tertiary/aromatic N) is 1. The molecule has 0 fully saturated rings. The lowest BCUT2D eigenvalue weighted by atomic mass is 10.0. The van der Waals surface area contributed by atoms with E-state index in [1.165, 1.54) is 0 Å². The highest BCUT2D eigenvalue weighted by molar-refractivity contribution is 5.95. The van der Waals surface area contributed by atoms with Crippen molar-refractivity contribution in [1.29, 1.82) is 0 Å². The Morgan fingerprint density at radius 3 is 2.38 bits per heavy atom. The zero-order valence-electron chi connectivity index (χ0n) is 13.0. The highest BCUT2D eigenvalue weighted by Gasteiger charge is 2.22. The fourth-order valence-electron chi connectivity index (χ4n) is 2.40. The lowest BCUT2D eigenvalue weighted by Gasteiger charge is -2.27. The maximum absolute atomic E-state index is 12.7. The third-order valence-corrected chi connectivity index (χ3v) is 3.87. The number of rotatable bonds is 4. The van der Waals surface area contributed by atoms with E-state index < -0.39 is 0 Å². The van der Waals surface area contributed by atoms with Gasteiger partial charge in [0.1, 0.15) is 5.75 Å². The zero-order valence-corrected chi connectivity index (χ0v) is 13.0. The average Bonchev–Trinajstić information content (AvgIpc) is 2.53. The molecule has 1 amide bonds. The Balaban J connectivity index is 2.29. The van der Waals surface area contributed by atoms with Gasteiger partial charge >= 0.3 is 0 Å². The van der Waals surface area contributed by atoms with Gasteiger partial charge in [0.15, 0.2) is 0 Å². The van der Waals surface area contributed by atoms with Crippen LogP contribution in [0.1, 0.15) is 34.5 Å². The first-order chi connectivity index (χ1) is 10.1. The van der Waals surface area contributed by atoms with Crippen LogP contribution in [0.25, 0.3) is 0 Å². The van der Waals surface area contributed by atoms with Crippen molar-refractivity contribution in [2.75, 3.05) is 14.2 Å². The van der Waals surface area contributed by atoms with E-state index in [0.717, 1.165) is 22.4 Å². The van der Waals surface area contributed by atoms with E-state index >= 15 is 0 Å². The van der Waals surface area contributed by atoms with Crippen LogP contribution in [0, 0.1) is 6.92 Å². The first-order valence-corrected chi connectivity index (χ1v) is 7.02. The fourth-order valence-corrected chi connectivity index (χ4v) is 2.40. The predicted molar refractivity (Wildman–Crippen MR) is 84.7 cm³/mol. The highest BCUT2D eigenvalue weighted by Crippen LogP contribution is 2.29. The maximum atomic E-state index is 12.7. The molecule has 1 atom stereocenters. The van der Waals surface area contributed by atoms with Crippen molar-refractivity contribution < 1.29 is 9.53 Å². The molecule has 3 heteroatoms. The van der Waals surface area contributed by atoms with Gasteiger partial charge in [-0.05, 0) is 31.5 Å². The van der Waals surface area contributed by atoms with Gasteiger partial charge in [-0.2, -0.15) is 0 Å². The minimum atomic E-state index is -0.0618. The molecule has 0 radical (unpaired) electrons. The van der Waals surface area contributed by atoms with E-state index in [9.17, 15) is 4.79 Å². The van der Waals surface area contributed by atoms with Crippen LogP contribution in [0.5, 0.6) is 5.75 Å². The molecular formula is C18H21NO2. The number of hydrogen-bond acceptors (Lipinski definition) is 2. The summed E-state index contributed by atoms with van der Waals surface area (Å²) >= 11 is 0. The Morgan fingerprint density at radius 2 is 1.71 bits per heavy atom. The van der Waals surface area contributed by atoms with Crippen LogP contribution in [-0.4, -0.2) is 25.0 Å². The SMILES string of the molecule is COc1ccccc1C(C)N(C)C(=O)c1ccccc1C. The molecule has 0 saturated carbocycles. The molecule has 110 valence electrons. The second-order valence-corrected chi connectivity index (χ2v) is 5.15. The van der Waals surface area contributed by atoms with E-state index in [-0.39, 0.29) is 11.9 Å². The largest absolute Gasteiger partial charge is 0.496 e. The quantitative estimate of drug-likeness (QED) is 0.853. The molecule has 21 heavy (non-hydrogen) atoms. The van der Waals surface area contributed by atoms with E-state index in [1.807, 2.05) is 69.4 Å². The lowest BCUT2D eigenvalue weighted by Crippen LogP contribution is -2.30. The van der Waals surface area contributed by atoms with Gasteiger partial charge in [-0.3, -0.25) is 4.79 Å². The zero-order chi connectivity index (χ0) is 15.4. The normalized spacial score (nSPS) is 11.8. The highest BCUT2D eigenvalue weighted by atomic mass is 16.5. The van der Waals surface area contributed by atoms with Crippen molar-refractivity contribution >= 4 is 5.91 Å². The van der Waals surface area contributed by atoms with E-state index in [0.29, 0.717) is 0 Å². The number of carbonyl (C=O) groups is 1. The monoisotopic (exact) mass is 283 g/mol. The lowest BCUT2D eigenvalue weighted by molar-refractivity contribution is 0.0740. The summed E-state index contributed by atoms with van der Waals surface area (Å²) in [4.78, 5) is 14.4. The molecule has 0 aliphatic carbocycles. The van der Waals surface area contributed by atoms with Crippen LogP contribution in [0.2, 0.25) is 0 Å². The van der Waals surface area contributed by atoms with Crippen molar-refractivity contribution in [3.63, 3.8) is 0 Å². The summed E-state index contributed by atoms with van der Waals surface area (Å²) in [6.07, 6.45) is 0. The van der Waals surface area contributed by atoms with Gasteiger partial charge < -0.3 is 9.64 Å². The molecule has 0 bridgehead atoms. The van der Waals surface area contributed by atoms with Crippen LogP contribution in [-0.2, 0) is 0 Å². The Hall–Kier alpha value is -2.29. The van der Waals surface area contributed by atoms with Crippen molar-refractivity contribution in [2.24, 2.45) is 0 Å². The molecule has 0 N–H and O–H groups in total. The Morgan fingerprint density at radius 1 is 1.10 bits per heavy atom. The molecule has 3 nitrogen and oxygen atoms in total. The molecule has 1 unspecified atom stereocenters. The molecule has 0 aromatic heterocycles. The Labute approximate surface area is 126 Å². The molecule has 0 heterocycles. The van der Waals surface area contributed by atoms with E-state index in [2.05, 4.69) is 0 Å². The van der Waals surface area contributed by atoms with Crippen molar-refractivity contribution in [2.45, 2.75) is 19.9 Å². The Kier molecular flexibility index (Phi) is 4.63. The second-order valence-electron chi connectivity index (χ2n) is 5.15.